The highest BCUT2D eigenvalue weighted by atomic mass is 32.1. The third kappa shape index (κ3) is 6.36. The molecule has 1 unspecified atom stereocenters. The first kappa shape index (κ1) is 11.6. The van der Waals surface area contributed by atoms with Gasteiger partial charge in [-0.2, -0.15) is 13.2 Å². The van der Waals surface area contributed by atoms with Crippen molar-refractivity contribution < 1.29 is 17.9 Å². The molecule has 0 amide bonds. The van der Waals surface area contributed by atoms with E-state index in [1.807, 2.05) is 0 Å². The molecule has 0 rings (SSSR count). The Morgan fingerprint density at radius 1 is 1.58 bits per heavy atom. The van der Waals surface area contributed by atoms with Crippen molar-refractivity contribution in [1.29, 1.82) is 0 Å². The van der Waals surface area contributed by atoms with Gasteiger partial charge in [-0.15, -0.1) is 0 Å². The van der Waals surface area contributed by atoms with Gasteiger partial charge in [-0.25, -0.2) is 0 Å². The number of halogens is 3. The van der Waals surface area contributed by atoms with E-state index < -0.39 is 12.8 Å². The van der Waals surface area contributed by atoms with E-state index in [0.29, 0.717) is 0 Å². The summed E-state index contributed by atoms with van der Waals surface area (Å²) in [5, 5.41) is 0. The fraction of sp³-hybridized carbons (Fsp3) is 0.833. The molecule has 0 radical (unpaired) electrons. The Bertz CT molecular complexity index is 159. The van der Waals surface area contributed by atoms with E-state index >= 15 is 0 Å². The molecule has 0 saturated heterocycles. The van der Waals surface area contributed by atoms with Crippen LogP contribution >= 0.6 is 12.2 Å². The molecule has 0 fully saturated rings. The number of alkyl halides is 3. The van der Waals surface area contributed by atoms with Crippen LogP contribution in [0.5, 0.6) is 0 Å². The zero-order chi connectivity index (χ0) is 9.78. The summed E-state index contributed by atoms with van der Waals surface area (Å²) in [5.74, 6) is -0.317. The highest BCUT2D eigenvalue weighted by Gasteiger charge is 2.27. The summed E-state index contributed by atoms with van der Waals surface area (Å²) in [5.41, 5.74) is 5.16. The number of ether oxygens (including phenoxy) is 1. The fourth-order valence-electron chi connectivity index (χ4n) is 0.434. The Morgan fingerprint density at radius 3 is 2.42 bits per heavy atom. The molecule has 72 valence electrons. The van der Waals surface area contributed by atoms with Crippen molar-refractivity contribution in [1.82, 2.24) is 0 Å². The maximum Gasteiger partial charge on any atom is 0.411 e. The first-order valence-electron chi connectivity index (χ1n) is 3.26. The molecule has 0 aromatic heterocycles. The van der Waals surface area contributed by atoms with Gasteiger partial charge in [-0.05, 0) is 0 Å². The summed E-state index contributed by atoms with van der Waals surface area (Å²) in [6.07, 6.45) is -4.28. The fourth-order valence-corrected chi connectivity index (χ4v) is 0.502. The van der Waals surface area contributed by atoms with Gasteiger partial charge in [0.1, 0.15) is 6.61 Å². The van der Waals surface area contributed by atoms with Gasteiger partial charge in [0.2, 0.25) is 0 Å². The van der Waals surface area contributed by atoms with E-state index in [9.17, 15) is 13.2 Å². The van der Waals surface area contributed by atoms with E-state index in [1.165, 1.54) is 0 Å². The Hall–Kier alpha value is -0.360. The summed E-state index contributed by atoms with van der Waals surface area (Å²) in [4.78, 5) is 0.164. The van der Waals surface area contributed by atoms with Gasteiger partial charge in [0.15, 0.2) is 0 Å². The van der Waals surface area contributed by atoms with Crippen LogP contribution in [0.3, 0.4) is 0 Å². The molecule has 12 heavy (non-hydrogen) atoms. The van der Waals surface area contributed by atoms with Crippen LogP contribution in [0, 0.1) is 5.92 Å². The van der Waals surface area contributed by atoms with Gasteiger partial charge >= 0.3 is 6.18 Å². The van der Waals surface area contributed by atoms with Gasteiger partial charge in [-0.3, -0.25) is 0 Å². The lowest BCUT2D eigenvalue weighted by atomic mass is 10.2. The van der Waals surface area contributed by atoms with E-state index in [0.717, 1.165) is 0 Å². The summed E-state index contributed by atoms with van der Waals surface area (Å²) in [6.45, 7) is 0.271. The molecule has 0 heterocycles. The van der Waals surface area contributed by atoms with Crippen LogP contribution in [0.25, 0.3) is 0 Å². The molecule has 0 aliphatic carbocycles. The Kier molecular flexibility index (Phi) is 4.47. The number of hydrogen-bond acceptors (Lipinski definition) is 2. The third-order valence-electron chi connectivity index (χ3n) is 1.12. The molecular formula is C6H10F3NOS. The second-order valence-electron chi connectivity index (χ2n) is 2.43. The minimum atomic E-state index is -4.28. The monoisotopic (exact) mass is 201 g/mol. The van der Waals surface area contributed by atoms with Crippen molar-refractivity contribution in [2.45, 2.75) is 13.1 Å². The zero-order valence-electron chi connectivity index (χ0n) is 6.52. The lowest BCUT2D eigenvalue weighted by Crippen LogP contribution is -2.26. The van der Waals surface area contributed by atoms with Crippen LogP contribution < -0.4 is 5.73 Å². The van der Waals surface area contributed by atoms with E-state index in [1.54, 1.807) is 6.92 Å². The van der Waals surface area contributed by atoms with Crippen molar-refractivity contribution in [2.24, 2.45) is 11.7 Å². The summed E-state index contributed by atoms with van der Waals surface area (Å²) >= 11 is 4.54. The molecule has 6 heteroatoms. The van der Waals surface area contributed by atoms with Gasteiger partial charge in [0, 0.05) is 5.92 Å². The number of thiocarbonyl (C=S) groups is 1. The maximum absolute atomic E-state index is 11.5. The highest BCUT2D eigenvalue weighted by molar-refractivity contribution is 7.80. The van der Waals surface area contributed by atoms with Crippen molar-refractivity contribution >= 4 is 17.2 Å². The second kappa shape index (κ2) is 4.61. The van der Waals surface area contributed by atoms with Crippen LogP contribution in [0.2, 0.25) is 0 Å². The normalized spacial score (nSPS) is 14.3. The van der Waals surface area contributed by atoms with Crippen LogP contribution in [-0.2, 0) is 4.74 Å². The average molecular weight is 201 g/mol. The quantitative estimate of drug-likeness (QED) is 0.700. The summed E-state index contributed by atoms with van der Waals surface area (Å²) in [7, 11) is 0. The largest absolute Gasteiger partial charge is 0.411 e. The predicted molar refractivity (Wildman–Crippen MR) is 42.8 cm³/mol. The molecule has 2 N–H and O–H groups in total. The minimum absolute atomic E-state index is 0.0884. The number of rotatable bonds is 4. The summed E-state index contributed by atoms with van der Waals surface area (Å²) < 4.78 is 38.9. The molecule has 0 spiro atoms. The molecule has 0 aromatic carbocycles. The number of hydrogen-bond donors (Lipinski definition) is 1. The molecular weight excluding hydrogens is 191 g/mol. The molecule has 0 bridgehead atoms. The van der Waals surface area contributed by atoms with Gasteiger partial charge in [-0.1, -0.05) is 19.1 Å². The van der Waals surface area contributed by atoms with Crippen LogP contribution in [0.15, 0.2) is 0 Å². The van der Waals surface area contributed by atoms with Gasteiger partial charge in [0.25, 0.3) is 0 Å². The lowest BCUT2D eigenvalue weighted by Gasteiger charge is -2.11. The van der Waals surface area contributed by atoms with Crippen molar-refractivity contribution in [2.75, 3.05) is 13.2 Å². The van der Waals surface area contributed by atoms with Crippen LogP contribution in [0.1, 0.15) is 6.92 Å². The standard InChI is InChI=1S/C6H10F3NOS/c1-4(5(10)12)2-11-3-6(7,8)9/h4H,2-3H2,1H3,(H2,10,12). The van der Waals surface area contributed by atoms with Gasteiger partial charge in [0.05, 0.1) is 11.6 Å². The first-order valence-corrected chi connectivity index (χ1v) is 3.67. The topological polar surface area (TPSA) is 35.2 Å². The van der Waals surface area contributed by atoms with Crippen molar-refractivity contribution in [3.05, 3.63) is 0 Å². The van der Waals surface area contributed by atoms with E-state index in [2.05, 4.69) is 17.0 Å². The first-order chi connectivity index (χ1) is 5.33. The maximum atomic E-state index is 11.5. The third-order valence-corrected chi connectivity index (χ3v) is 1.52. The highest BCUT2D eigenvalue weighted by Crippen LogP contribution is 2.14. The van der Waals surface area contributed by atoms with Crippen LogP contribution in [-0.4, -0.2) is 24.4 Å². The molecule has 0 aromatic rings. The molecule has 0 saturated carbocycles. The minimum Gasteiger partial charge on any atom is -0.393 e. The van der Waals surface area contributed by atoms with Crippen molar-refractivity contribution in [3.8, 4) is 0 Å². The summed E-state index contributed by atoms with van der Waals surface area (Å²) in [6, 6.07) is 0. The Labute approximate surface area is 73.9 Å². The smallest absolute Gasteiger partial charge is 0.393 e. The Balaban J connectivity index is 3.51. The SMILES string of the molecule is CC(COCC(F)(F)F)C(N)=S. The van der Waals surface area contributed by atoms with Gasteiger partial charge < -0.3 is 10.5 Å². The average Bonchev–Trinajstić information content (AvgIpc) is 1.84. The number of nitrogens with two attached hydrogens (primary N) is 1. The second-order valence-corrected chi connectivity index (χ2v) is 2.91. The molecule has 0 aliphatic heterocycles. The molecule has 1 atom stereocenters. The Morgan fingerprint density at radius 2 is 2.08 bits per heavy atom. The van der Waals surface area contributed by atoms with E-state index in [-0.39, 0.29) is 17.5 Å². The molecule has 0 aliphatic rings. The predicted octanol–water partition coefficient (Wildman–Crippen LogP) is 1.49. The van der Waals surface area contributed by atoms with E-state index in [4.69, 9.17) is 5.73 Å². The zero-order valence-corrected chi connectivity index (χ0v) is 7.34. The van der Waals surface area contributed by atoms with Crippen molar-refractivity contribution in [3.63, 3.8) is 0 Å². The van der Waals surface area contributed by atoms with Crippen LogP contribution in [0.4, 0.5) is 13.2 Å². The lowest BCUT2D eigenvalue weighted by molar-refractivity contribution is -0.175. The molecule has 2 nitrogen and oxygen atoms in total.